The Balaban J connectivity index is 1.52. The highest BCUT2D eigenvalue weighted by atomic mass is 35.5. The number of H-pyrrole nitrogens is 1. The summed E-state index contributed by atoms with van der Waals surface area (Å²) in [6.45, 7) is 2.17. The van der Waals surface area contributed by atoms with Gasteiger partial charge in [-0.3, -0.25) is 4.79 Å². The molecule has 162 valence electrons. The van der Waals surface area contributed by atoms with Crippen molar-refractivity contribution in [2.24, 2.45) is 0 Å². The minimum atomic E-state index is -3.80. The van der Waals surface area contributed by atoms with E-state index in [0.717, 1.165) is 23.7 Å². The van der Waals surface area contributed by atoms with E-state index in [1.54, 1.807) is 6.92 Å². The molecule has 9 heteroatoms. The Hall–Kier alpha value is -2.68. The standard InChI is InChI=1S/C22H21ClN2O5S/c1-14-21(16-6-2-3-7-18(16)24-14)19(26)13-30-22(27)15-8-9-17(23)20(12-15)31(28,29)25-10-4-5-11-25/h2-3,6-9,12,24H,4-5,10-11,13H2,1H3. The molecule has 2 aromatic carbocycles. The molecule has 0 aliphatic carbocycles. The van der Waals surface area contributed by atoms with E-state index in [9.17, 15) is 18.0 Å². The van der Waals surface area contributed by atoms with Crippen LogP contribution in [-0.4, -0.2) is 49.2 Å². The highest BCUT2D eigenvalue weighted by molar-refractivity contribution is 7.89. The number of halogens is 1. The number of fused-ring (bicyclic) bond motifs is 1. The topological polar surface area (TPSA) is 96.5 Å². The van der Waals surface area contributed by atoms with Gasteiger partial charge in [0, 0.05) is 35.2 Å². The Morgan fingerprint density at radius 3 is 2.58 bits per heavy atom. The Morgan fingerprint density at radius 2 is 1.84 bits per heavy atom. The average molecular weight is 461 g/mol. The van der Waals surface area contributed by atoms with Crippen LogP contribution in [-0.2, 0) is 14.8 Å². The van der Waals surface area contributed by atoms with Crippen LogP contribution in [0.1, 0.15) is 39.3 Å². The van der Waals surface area contributed by atoms with Gasteiger partial charge in [-0.25, -0.2) is 13.2 Å². The number of carbonyl (C=O) groups excluding carboxylic acids is 2. The number of benzene rings is 2. The molecule has 1 aromatic heterocycles. The second-order valence-electron chi connectivity index (χ2n) is 7.43. The van der Waals surface area contributed by atoms with Crippen LogP contribution in [0.15, 0.2) is 47.4 Å². The van der Waals surface area contributed by atoms with Crippen molar-refractivity contribution in [1.82, 2.24) is 9.29 Å². The van der Waals surface area contributed by atoms with Crippen molar-refractivity contribution in [2.45, 2.75) is 24.7 Å². The number of rotatable bonds is 6. The Morgan fingerprint density at radius 1 is 1.13 bits per heavy atom. The summed E-state index contributed by atoms with van der Waals surface area (Å²) in [6, 6.07) is 11.3. The van der Waals surface area contributed by atoms with Crippen molar-refractivity contribution in [3.8, 4) is 0 Å². The zero-order chi connectivity index (χ0) is 22.2. The lowest BCUT2D eigenvalue weighted by molar-refractivity contribution is 0.0474. The number of aromatic amines is 1. The van der Waals surface area contributed by atoms with Crippen molar-refractivity contribution in [3.05, 3.63) is 64.3 Å². The van der Waals surface area contributed by atoms with E-state index in [-0.39, 0.29) is 21.3 Å². The second-order valence-corrected chi connectivity index (χ2v) is 9.74. The third-order valence-corrected chi connectivity index (χ3v) is 7.74. The van der Waals surface area contributed by atoms with Gasteiger partial charge < -0.3 is 9.72 Å². The molecule has 0 atom stereocenters. The highest BCUT2D eigenvalue weighted by Crippen LogP contribution is 2.28. The van der Waals surface area contributed by atoms with Crippen LogP contribution < -0.4 is 0 Å². The molecule has 2 heterocycles. The molecule has 31 heavy (non-hydrogen) atoms. The number of esters is 1. The second kappa shape index (κ2) is 8.45. The van der Waals surface area contributed by atoms with Crippen molar-refractivity contribution in [3.63, 3.8) is 0 Å². The van der Waals surface area contributed by atoms with Gasteiger partial charge in [0.1, 0.15) is 4.90 Å². The predicted octanol–water partition coefficient (Wildman–Crippen LogP) is 3.95. The number of ether oxygens (including phenoxy) is 1. The normalized spacial score (nSPS) is 14.8. The molecule has 7 nitrogen and oxygen atoms in total. The van der Waals surface area contributed by atoms with Crippen molar-refractivity contribution < 1.29 is 22.7 Å². The fourth-order valence-electron chi connectivity index (χ4n) is 3.82. The first-order valence-electron chi connectivity index (χ1n) is 9.86. The van der Waals surface area contributed by atoms with Crippen LogP contribution in [0.3, 0.4) is 0 Å². The third-order valence-electron chi connectivity index (χ3n) is 5.36. The van der Waals surface area contributed by atoms with Crippen LogP contribution >= 0.6 is 11.6 Å². The molecule has 0 spiro atoms. The molecule has 4 rings (SSSR count). The monoisotopic (exact) mass is 460 g/mol. The molecule has 0 bridgehead atoms. The number of para-hydroxylation sites is 1. The number of aromatic nitrogens is 1. The molecule has 1 N–H and O–H groups in total. The zero-order valence-corrected chi connectivity index (χ0v) is 18.4. The van der Waals surface area contributed by atoms with Gasteiger partial charge in [-0.05, 0) is 44.0 Å². The van der Waals surface area contributed by atoms with Crippen LogP contribution in [0.25, 0.3) is 10.9 Å². The average Bonchev–Trinajstić information content (AvgIpc) is 3.39. The number of nitrogens with zero attached hydrogens (tertiary/aromatic N) is 1. The van der Waals surface area contributed by atoms with E-state index in [4.69, 9.17) is 16.3 Å². The molecule has 0 amide bonds. The highest BCUT2D eigenvalue weighted by Gasteiger charge is 2.30. The molecule has 1 aliphatic heterocycles. The minimum absolute atomic E-state index is 0.0191. The number of hydrogen-bond acceptors (Lipinski definition) is 5. The first-order valence-corrected chi connectivity index (χ1v) is 11.7. The molecule has 1 fully saturated rings. The van der Waals surface area contributed by atoms with Gasteiger partial charge >= 0.3 is 5.97 Å². The number of ketones is 1. The lowest BCUT2D eigenvalue weighted by atomic mass is 10.1. The Kier molecular flexibility index (Phi) is 5.88. The molecular formula is C22H21ClN2O5S. The lowest BCUT2D eigenvalue weighted by Gasteiger charge is -2.17. The van der Waals surface area contributed by atoms with Crippen LogP contribution in [0.5, 0.6) is 0 Å². The number of carbonyl (C=O) groups is 2. The summed E-state index contributed by atoms with van der Waals surface area (Å²) in [6.07, 6.45) is 1.57. The summed E-state index contributed by atoms with van der Waals surface area (Å²) in [4.78, 5) is 28.3. The number of hydrogen-bond donors (Lipinski definition) is 1. The fourth-order valence-corrected chi connectivity index (χ4v) is 5.84. The smallest absolute Gasteiger partial charge is 0.338 e. The SMILES string of the molecule is Cc1[nH]c2ccccc2c1C(=O)COC(=O)c1ccc(Cl)c(S(=O)(=O)N2CCCC2)c1. The van der Waals surface area contributed by atoms with Crippen LogP contribution in [0.2, 0.25) is 5.02 Å². The van der Waals surface area contributed by atoms with E-state index in [1.807, 2.05) is 24.3 Å². The van der Waals surface area contributed by atoms with Gasteiger partial charge in [0.15, 0.2) is 6.61 Å². The van der Waals surface area contributed by atoms with Gasteiger partial charge in [-0.15, -0.1) is 0 Å². The number of aryl methyl sites for hydroxylation is 1. The summed E-state index contributed by atoms with van der Waals surface area (Å²) < 4.78 is 32.2. The van der Waals surface area contributed by atoms with E-state index in [2.05, 4.69) is 4.98 Å². The van der Waals surface area contributed by atoms with Crippen LogP contribution in [0.4, 0.5) is 0 Å². The number of Topliss-reactive ketones (excluding diaryl/α,β-unsaturated/α-hetero) is 1. The summed E-state index contributed by atoms with van der Waals surface area (Å²) in [5, 5.41) is 0.792. The van der Waals surface area contributed by atoms with E-state index in [0.29, 0.717) is 24.3 Å². The maximum absolute atomic E-state index is 12.8. The number of nitrogens with one attached hydrogen (secondary N) is 1. The number of sulfonamides is 1. The van der Waals surface area contributed by atoms with Gasteiger partial charge in [0.05, 0.1) is 10.6 Å². The molecule has 0 saturated carbocycles. The van der Waals surface area contributed by atoms with Gasteiger partial charge in [-0.2, -0.15) is 4.31 Å². The zero-order valence-electron chi connectivity index (χ0n) is 16.9. The maximum Gasteiger partial charge on any atom is 0.338 e. The first kappa shape index (κ1) is 21.5. The van der Waals surface area contributed by atoms with Crippen molar-refractivity contribution in [2.75, 3.05) is 19.7 Å². The van der Waals surface area contributed by atoms with Gasteiger partial charge in [0.2, 0.25) is 15.8 Å². The summed E-state index contributed by atoms with van der Waals surface area (Å²) in [5.74, 6) is -1.14. The van der Waals surface area contributed by atoms with Gasteiger partial charge in [-0.1, -0.05) is 29.8 Å². The quantitative estimate of drug-likeness (QED) is 0.443. The van der Waals surface area contributed by atoms with E-state index in [1.165, 1.54) is 22.5 Å². The van der Waals surface area contributed by atoms with Crippen molar-refractivity contribution in [1.29, 1.82) is 0 Å². The molecule has 0 radical (unpaired) electrons. The Labute approximate surface area is 185 Å². The minimum Gasteiger partial charge on any atom is -0.454 e. The summed E-state index contributed by atoms with van der Waals surface area (Å²) >= 11 is 6.12. The Bertz CT molecular complexity index is 1280. The summed E-state index contributed by atoms with van der Waals surface area (Å²) in [7, 11) is -3.80. The van der Waals surface area contributed by atoms with Crippen LogP contribution in [0, 0.1) is 6.92 Å². The fraction of sp³-hybridized carbons (Fsp3) is 0.273. The van der Waals surface area contributed by atoms with Gasteiger partial charge in [0.25, 0.3) is 0 Å². The third kappa shape index (κ3) is 4.11. The van der Waals surface area contributed by atoms with E-state index < -0.39 is 22.6 Å². The lowest BCUT2D eigenvalue weighted by Crippen LogP contribution is -2.28. The summed E-state index contributed by atoms with van der Waals surface area (Å²) in [5.41, 5.74) is 2.00. The predicted molar refractivity (Wildman–Crippen MR) is 117 cm³/mol. The largest absolute Gasteiger partial charge is 0.454 e. The molecule has 1 aliphatic rings. The molecule has 1 saturated heterocycles. The van der Waals surface area contributed by atoms with Crippen molar-refractivity contribution >= 4 is 44.3 Å². The molecular weight excluding hydrogens is 440 g/mol. The molecule has 3 aromatic rings. The first-order chi connectivity index (χ1) is 14.8. The maximum atomic E-state index is 12.8. The van der Waals surface area contributed by atoms with E-state index >= 15 is 0 Å². The molecule has 0 unspecified atom stereocenters.